The fourth-order valence-corrected chi connectivity index (χ4v) is 4.20. The first-order chi connectivity index (χ1) is 12.2. The summed E-state index contributed by atoms with van der Waals surface area (Å²) in [5, 5.41) is 7.08. The van der Waals surface area contributed by atoms with Crippen molar-refractivity contribution >= 4 is 17.7 Å². The number of hydrogen-bond donors (Lipinski definition) is 2. The van der Waals surface area contributed by atoms with E-state index in [0.29, 0.717) is 6.04 Å². The zero-order chi connectivity index (χ0) is 18.0. The predicted octanol–water partition coefficient (Wildman–Crippen LogP) is 1.56. The number of ether oxygens (including phenoxy) is 2. The third kappa shape index (κ3) is 6.96. The van der Waals surface area contributed by atoms with Crippen molar-refractivity contribution in [2.45, 2.75) is 43.4 Å². The summed E-state index contributed by atoms with van der Waals surface area (Å²) in [5.74, 6) is 0.970. The third-order valence-electron chi connectivity index (χ3n) is 5.25. The van der Waals surface area contributed by atoms with Gasteiger partial charge in [-0.1, -0.05) is 0 Å². The molecule has 0 unspecified atom stereocenters. The Bertz CT molecular complexity index is 395. The van der Waals surface area contributed by atoms with Crippen LogP contribution >= 0.6 is 11.8 Å². The molecule has 2 rings (SSSR count). The molecule has 0 saturated carbocycles. The van der Waals surface area contributed by atoms with Crippen molar-refractivity contribution in [2.75, 3.05) is 65.9 Å². The van der Waals surface area contributed by atoms with E-state index in [0.717, 1.165) is 84.2 Å². The van der Waals surface area contributed by atoms with Crippen molar-refractivity contribution in [3.8, 4) is 0 Å². The van der Waals surface area contributed by atoms with Crippen LogP contribution in [0.1, 0.15) is 32.6 Å². The largest absolute Gasteiger partial charge is 0.383 e. The SMILES string of the molecule is CCNC(=NCC1(SC)CCOCC1)NC1CCN(CCOC)CC1. The van der Waals surface area contributed by atoms with E-state index in [2.05, 4.69) is 28.7 Å². The Kier molecular flexibility index (Phi) is 9.37. The Morgan fingerprint density at radius 3 is 2.64 bits per heavy atom. The minimum Gasteiger partial charge on any atom is -0.383 e. The van der Waals surface area contributed by atoms with Gasteiger partial charge in [-0.05, 0) is 38.9 Å². The van der Waals surface area contributed by atoms with Crippen molar-refractivity contribution in [3.05, 3.63) is 0 Å². The molecule has 2 fully saturated rings. The van der Waals surface area contributed by atoms with Crippen LogP contribution in [0.3, 0.4) is 0 Å². The van der Waals surface area contributed by atoms with Crippen LogP contribution in [-0.2, 0) is 9.47 Å². The van der Waals surface area contributed by atoms with E-state index in [4.69, 9.17) is 14.5 Å². The van der Waals surface area contributed by atoms with Crippen LogP contribution < -0.4 is 10.6 Å². The smallest absolute Gasteiger partial charge is 0.191 e. The van der Waals surface area contributed by atoms with Gasteiger partial charge in [0.25, 0.3) is 0 Å². The highest BCUT2D eigenvalue weighted by Gasteiger charge is 2.31. The molecule has 6 nitrogen and oxygen atoms in total. The number of nitrogens with zero attached hydrogens (tertiary/aromatic N) is 2. The van der Waals surface area contributed by atoms with Crippen LogP contribution in [0.4, 0.5) is 0 Å². The first-order valence-corrected chi connectivity index (χ1v) is 10.8. The Morgan fingerprint density at radius 2 is 2.04 bits per heavy atom. The molecule has 0 aliphatic carbocycles. The summed E-state index contributed by atoms with van der Waals surface area (Å²) in [4.78, 5) is 7.41. The molecule has 25 heavy (non-hydrogen) atoms. The van der Waals surface area contributed by atoms with Crippen molar-refractivity contribution in [3.63, 3.8) is 0 Å². The predicted molar refractivity (Wildman–Crippen MR) is 107 cm³/mol. The zero-order valence-corrected chi connectivity index (χ0v) is 17.0. The Hall–Kier alpha value is -0.500. The molecule has 2 N–H and O–H groups in total. The lowest BCUT2D eigenvalue weighted by atomic mass is 9.99. The molecule has 2 aliphatic heterocycles. The summed E-state index contributed by atoms with van der Waals surface area (Å²) in [6.45, 7) is 9.73. The van der Waals surface area contributed by atoms with Gasteiger partial charge in [0.05, 0.1) is 13.2 Å². The summed E-state index contributed by atoms with van der Waals surface area (Å²) in [5.41, 5.74) is 0. The second kappa shape index (κ2) is 11.3. The van der Waals surface area contributed by atoms with Gasteiger partial charge in [0.1, 0.15) is 0 Å². The number of thioether (sulfide) groups is 1. The lowest BCUT2D eigenvalue weighted by Gasteiger charge is -2.35. The first-order valence-electron chi connectivity index (χ1n) is 9.60. The monoisotopic (exact) mass is 372 g/mol. The summed E-state index contributed by atoms with van der Waals surface area (Å²) < 4.78 is 11.0. The maximum absolute atomic E-state index is 5.53. The molecule has 0 bridgehead atoms. The van der Waals surface area contributed by atoms with Gasteiger partial charge in [-0.25, -0.2) is 0 Å². The summed E-state index contributed by atoms with van der Waals surface area (Å²) in [7, 11) is 1.77. The Labute approximate surface area is 157 Å². The number of rotatable bonds is 8. The molecule has 2 aliphatic rings. The molecule has 0 aromatic rings. The van der Waals surface area contributed by atoms with Crippen LogP contribution in [0.5, 0.6) is 0 Å². The molecule has 146 valence electrons. The number of hydrogen-bond acceptors (Lipinski definition) is 5. The molecule has 2 heterocycles. The molecule has 0 amide bonds. The lowest BCUT2D eigenvalue weighted by Crippen LogP contribution is -2.49. The van der Waals surface area contributed by atoms with Crippen LogP contribution in [0.15, 0.2) is 4.99 Å². The van der Waals surface area contributed by atoms with E-state index in [1.54, 1.807) is 7.11 Å². The fourth-order valence-electron chi connectivity index (χ4n) is 3.43. The maximum Gasteiger partial charge on any atom is 0.191 e. The summed E-state index contributed by atoms with van der Waals surface area (Å²) in [6, 6.07) is 0.511. The van der Waals surface area contributed by atoms with E-state index in [9.17, 15) is 0 Å². The van der Waals surface area contributed by atoms with E-state index < -0.39 is 0 Å². The van der Waals surface area contributed by atoms with Gasteiger partial charge < -0.3 is 25.0 Å². The normalized spacial score (nSPS) is 22.8. The molecular formula is C18H36N4O2S. The van der Waals surface area contributed by atoms with Crippen LogP contribution in [0, 0.1) is 0 Å². The molecule has 7 heteroatoms. The molecule has 0 atom stereocenters. The van der Waals surface area contributed by atoms with Gasteiger partial charge in [-0.15, -0.1) is 0 Å². The molecule has 0 aromatic heterocycles. The van der Waals surface area contributed by atoms with Gasteiger partial charge in [-0.2, -0.15) is 11.8 Å². The number of guanidine groups is 1. The van der Waals surface area contributed by atoms with Crippen molar-refractivity contribution in [1.29, 1.82) is 0 Å². The highest BCUT2D eigenvalue weighted by molar-refractivity contribution is 8.00. The number of piperidine rings is 1. The average Bonchev–Trinajstić information content (AvgIpc) is 2.66. The van der Waals surface area contributed by atoms with Gasteiger partial charge in [-0.3, -0.25) is 4.99 Å². The first kappa shape index (κ1) is 20.8. The van der Waals surface area contributed by atoms with E-state index in [1.807, 2.05) is 11.8 Å². The molecule has 0 spiro atoms. The maximum atomic E-state index is 5.53. The van der Waals surface area contributed by atoms with E-state index >= 15 is 0 Å². The van der Waals surface area contributed by atoms with Crippen molar-refractivity contribution in [1.82, 2.24) is 15.5 Å². The Balaban J connectivity index is 1.83. The average molecular weight is 373 g/mol. The molecule has 0 radical (unpaired) electrons. The number of nitrogens with one attached hydrogen (secondary N) is 2. The fraction of sp³-hybridized carbons (Fsp3) is 0.944. The van der Waals surface area contributed by atoms with Crippen molar-refractivity contribution < 1.29 is 9.47 Å². The second-order valence-electron chi connectivity index (χ2n) is 6.95. The summed E-state index contributed by atoms with van der Waals surface area (Å²) >= 11 is 1.95. The van der Waals surface area contributed by atoms with Gasteiger partial charge in [0.2, 0.25) is 0 Å². The highest BCUT2D eigenvalue weighted by atomic mass is 32.2. The number of likely N-dealkylation sites (tertiary alicyclic amines) is 1. The topological polar surface area (TPSA) is 58.1 Å². The lowest BCUT2D eigenvalue weighted by molar-refractivity contribution is 0.0794. The second-order valence-corrected chi connectivity index (χ2v) is 8.22. The van der Waals surface area contributed by atoms with E-state index in [1.165, 1.54) is 0 Å². The minimum absolute atomic E-state index is 0.240. The van der Waals surface area contributed by atoms with Crippen LogP contribution in [0.2, 0.25) is 0 Å². The highest BCUT2D eigenvalue weighted by Crippen LogP contribution is 2.33. The molecule has 2 saturated heterocycles. The molecular weight excluding hydrogens is 336 g/mol. The van der Waals surface area contributed by atoms with Crippen molar-refractivity contribution in [2.24, 2.45) is 4.99 Å². The van der Waals surface area contributed by atoms with Crippen LogP contribution in [0.25, 0.3) is 0 Å². The van der Waals surface area contributed by atoms with Gasteiger partial charge >= 0.3 is 0 Å². The quantitative estimate of drug-likeness (QED) is 0.498. The molecule has 0 aromatic carbocycles. The standard InChI is InChI=1S/C18H36N4O2S/c1-4-19-17(20-15-18(25-3)7-12-24-13-8-18)21-16-5-9-22(10-6-16)11-14-23-2/h16H,4-15H2,1-3H3,(H2,19,20,21). The number of aliphatic imine (C=N–C) groups is 1. The number of methoxy groups -OCH3 is 1. The third-order valence-corrected chi connectivity index (χ3v) is 6.65. The minimum atomic E-state index is 0.240. The van der Waals surface area contributed by atoms with E-state index in [-0.39, 0.29) is 4.75 Å². The zero-order valence-electron chi connectivity index (χ0n) is 16.2. The van der Waals surface area contributed by atoms with Gasteiger partial charge in [0, 0.05) is 57.3 Å². The van der Waals surface area contributed by atoms with Crippen LogP contribution in [-0.4, -0.2) is 87.6 Å². The summed E-state index contributed by atoms with van der Waals surface area (Å²) in [6.07, 6.45) is 6.71. The Morgan fingerprint density at radius 1 is 1.32 bits per heavy atom. The van der Waals surface area contributed by atoms with Gasteiger partial charge in [0.15, 0.2) is 5.96 Å².